The van der Waals surface area contributed by atoms with Crippen molar-refractivity contribution in [2.75, 3.05) is 0 Å². The second kappa shape index (κ2) is 5.72. The number of hydrogen-bond donors (Lipinski definition) is 1. The Morgan fingerprint density at radius 2 is 2.11 bits per heavy atom. The lowest BCUT2D eigenvalue weighted by atomic mass is 10.1. The highest BCUT2D eigenvalue weighted by Gasteiger charge is 2.15. The van der Waals surface area contributed by atoms with Crippen molar-refractivity contribution in [2.45, 2.75) is 19.8 Å². The summed E-state index contributed by atoms with van der Waals surface area (Å²) in [5.41, 5.74) is 0.764. The quantitative estimate of drug-likeness (QED) is 0.601. The fourth-order valence-electron chi connectivity index (χ4n) is 1.44. The lowest BCUT2D eigenvalue weighted by molar-refractivity contribution is 0.803. The van der Waals surface area contributed by atoms with Gasteiger partial charge in [-0.05, 0) is 66.4 Å². The van der Waals surface area contributed by atoms with Crippen LogP contribution in [0.25, 0.3) is 10.7 Å². The van der Waals surface area contributed by atoms with Crippen LogP contribution in [0.15, 0.2) is 19.1 Å². The van der Waals surface area contributed by atoms with E-state index in [1.807, 2.05) is 42.5 Å². The summed E-state index contributed by atoms with van der Waals surface area (Å²) >= 11 is 10.5. The number of nitrogens with zero attached hydrogens (tertiary/aromatic N) is 1. The van der Waals surface area contributed by atoms with E-state index in [0.29, 0.717) is 9.39 Å². The average molecular weight is 504 g/mol. The second-order valence-corrected chi connectivity index (χ2v) is 8.30. The third kappa shape index (κ3) is 2.88. The summed E-state index contributed by atoms with van der Waals surface area (Å²) in [5, 5.41) is 0. The van der Waals surface area contributed by atoms with Crippen molar-refractivity contribution in [3.05, 3.63) is 33.9 Å². The Kier molecular flexibility index (Phi) is 4.66. The lowest BCUT2D eigenvalue weighted by Crippen LogP contribution is -2.16. The van der Waals surface area contributed by atoms with Gasteiger partial charge in [0.05, 0.1) is 17.9 Å². The fraction of sp³-hybridized carbons (Fsp3) is 0.273. The topological polar surface area (TPSA) is 45.8 Å². The molecule has 0 fully saturated rings. The molecule has 0 aliphatic rings. The van der Waals surface area contributed by atoms with Gasteiger partial charge in [-0.15, -0.1) is 11.3 Å². The Morgan fingerprint density at radius 3 is 2.61 bits per heavy atom. The van der Waals surface area contributed by atoms with E-state index in [1.54, 1.807) is 0 Å². The summed E-state index contributed by atoms with van der Waals surface area (Å²) < 4.78 is 2.63. The normalized spacial score (nSPS) is 11.2. The predicted molar refractivity (Wildman–Crippen MR) is 90.4 cm³/mol. The maximum Gasteiger partial charge on any atom is 0.264 e. The molecule has 96 valence electrons. The van der Waals surface area contributed by atoms with Gasteiger partial charge < -0.3 is 4.98 Å². The maximum absolute atomic E-state index is 11.9. The van der Waals surface area contributed by atoms with Crippen LogP contribution in [0, 0.1) is 3.57 Å². The first-order chi connectivity index (χ1) is 8.40. The highest BCUT2D eigenvalue weighted by molar-refractivity contribution is 14.1. The molecule has 2 heterocycles. The number of halogens is 3. The van der Waals surface area contributed by atoms with E-state index in [4.69, 9.17) is 0 Å². The van der Waals surface area contributed by atoms with E-state index in [-0.39, 0.29) is 11.5 Å². The first-order valence-electron chi connectivity index (χ1n) is 5.15. The van der Waals surface area contributed by atoms with Gasteiger partial charge in [-0.3, -0.25) is 4.79 Å². The highest BCUT2D eigenvalue weighted by atomic mass is 127. The third-order valence-electron chi connectivity index (χ3n) is 2.31. The number of nitrogens with one attached hydrogen (secondary N) is 1. The molecule has 0 unspecified atom stereocenters. The van der Waals surface area contributed by atoms with Gasteiger partial charge in [0.2, 0.25) is 0 Å². The van der Waals surface area contributed by atoms with Crippen molar-refractivity contribution in [3.8, 4) is 10.7 Å². The van der Waals surface area contributed by atoms with Gasteiger partial charge in [0, 0.05) is 4.47 Å². The van der Waals surface area contributed by atoms with Gasteiger partial charge in [0.15, 0.2) is 5.82 Å². The monoisotopic (exact) mass is 502 g/mol. The molecular formula is C11H9Br2IN2OS. The minimum Gasteiger partial charge on any atom is -0.305 e. The molecule has 0 saturated heterocycles. The van der Waals surface area contributed by atoms with Gasteiger partial charge in [-0.25, -0.2) is 4.98 Å². The van der Waals surface area contributed by atoms with Gasteiger partial charge in [0.1, 0.15) is 0 Å². The zero-order valence-electron chi connectivity index (χ0n) is 9.55. The molecule has 0 atom stereocenters. The zero-order chi connectivity index (χ0) is 13.4. The Morgan fingerprint density at radius 1 is 1.44 bits per heavy atom. The number of H-pyrrole nitrogens is 1. The lowest BCUT2D eigenvalue weighted by Gasteiger charge is -2.08. The molecule has 0 aromatic carbocycles. The summed E-state index contributed by atoms with van der Waals surface area (Å²) in [4.78, 5) is 20.2. The van der Waals surface area contributed by atoms with Crippen LogP contribution in [0.2, 0.25) is 0 Å². The summed E-state index contributed by atoms with van der Waals surface area (Å²) in [6.45, 7) is 4.07. The Labute approximate surface area is 139 Å². The number of thiophene rings is 1. The molecule has 0 spiro atoms. The summed E-state index contributed by atoms with van der Waals surface area (Å²) in [5.74, 6) is 0.852. The fourth-order valence-corrected chi connectivity index (χ4v) is 4.30. The second-order valence-electron chi connectivity index (χ2n) is 4.00. The van der Waals surface area contributed by atoms with Gasteiger partial charge >= 0.3 is 0 Å². The summed E-state index contributed by atoms with van der Waals surface area (Å²) in [6, 6.07) is 1.95. The van der Waals surface area contributed by atoms with Crippen molar-refractivity contribution in [1.82, 2.24) is 9.97 Å². The largest absolute Gasteiger partial charge is 0.305 e. The van der Waals surface area contributed by atoms with Crippen LogP contribution in [0.4, 0.5) is 0 Å². The van der Waals surface area contributed by atoms with Gasteiger partial charge in [-0.1, -0.05) is 13.8 Å². The van der Waals surface area contributed by atoms with Gasteiger partial charge in [-0.2, -0.15) is 0 Å². The molecule has 2 aromatic heterocycles. The van der Waals surface area contributed by atoms with Crippen molar-refractivity contribution in [3.63, 3.8) is 0 Å². The van der Waals surface area contributed by atoms with Crippen molar-refractivity contribution in [2.24, 2.45) is 0 Å². The number of aromatic nitrogens is 2. The molecule has 7 heteroatoms. The minimum absolute atomic E-state index is 0.0788. The molecular weight excluding hydrogens is 495 g/mol. The van der Waals surface area contributed by atoms with Crippen molar-refractivity contribution in [1.29, 1.82) is 0 Å². The minimum atomic E-state index is -0.0788. The van der Waals surface area contributed by atoms with Crippen LogP contribution in [-0.4, -0.2) is 9.97 Å². The van der Waals surface area contributed by atoms with E-state index in [9.17, 15) is 4.79 Å². The van der Waals surface area contributed by atoms with Crippen LogP contribution < -0.4 is 5.56 Å². The molecule has 0 amide bonds. The molecule has 0 aliphatic carbocycles. The molecule has 2 rings (SSSR count). The summed E-state index contributed by atoms with van der Waals surface area (Å²) in [7, 11) is 0. The standard InChI is InChI=1S/C11H9Br2IN2OS/c1-4(2)8-7(14)11(17)16-10(15-8)6-3-5(12)9(13)18-6/h3-4H,1-2H3,(H,15,16,17). The molecule has 0 saturated carbocycles. The molecule has 0 bridgehead atoms. The number of hydrogen-bond acceptors (Lipinski definition) is 3. The highest BCUT2D eigenvalue weighted by Crippen LogP contribution is 2.37. The predicted octanol–water partition coefficient (Wildman–Crippen LogP) is 4.75. The average Bonchev–Trinajstić information content (AvgIpc) is 2.62. The molecule has 3 nitrogen and oxygen atoms in total. The van der Waals surface area contributed by atoms with E-state index in [1.165, 1.54) is 11.3 Å². The van der Waals surface area contributed by atoms with Crippen LogP contribution in [0.1, 0.15) is 25.5 Å². The van der Waals surface area contributed by atoms with Crippen LogP contribution in [0.5, 0.6) is 0 Å². The van der Waals surface area contributed by atoms with Crippen molar-refractivity contribution >= 4 is 65.8 Å². The third-order valence-corrected chi connectivity index (χ3v) is 6.62. The first kappa shape index (κ1) is 14.7. The molecule has 2 aromatic rings. The molecule has 1 N–H and O–H groups in total. The number of rotatable bonds is 2. The Hall–Kier alpha value is 0.270. The SMILES string of the molecule is CC(C)c1nc(-c2cc(Br)c(Br)s2)[nH]c(=O)c1I. The number of aromatic amines is 1. The van der Waals surface area contributed by atoms with E-state index in [0.717, 1.165) is 18.8 Å². The van der Waals surface area contributed by atoms with Crippen LogP contribution in [-0.2, 0) is 0 Å². The summed E-state index contributed by atoms with van der Waals surface area (Å²) in [6.07, 6.45) is 0. The van der Waals surface area contributed by atoms with Crippen LogP contribution in [0.3, 0.4) is 0 Å². The van der Waals surface area contributed by atoms with E-state index < -0.39 is 0 Å². The molecule has 0 radical (unpaired) electrons. The van der Waals surface area contributed by atoms with Crippen LogP contribution >= 0.6 is 65.8 Å². The molecule has 18 heavy (non-hydrogen) atoms. The Balaban J connectivity index is 2.62. The molecule has 0 aliphatic heterocycles. The van der Waals surface area contributed by atoms with Gasteiger partial charge in [0.25, 0.3) is 5.56 Å². The van der Waals surface area contributed by atoms with E-state index >= 15 is 0 Å². The zero-order valence-corrected chi connectivity index (χ0v) is 15.7. The smallest absolute Gasteiger partial charge is 0.264 e. The maximum atomic E-state index is 11.9. The van der Waals surface area contributed by atoms with Crippen molar-refractivity contribution < 1.29 is 0 Å². The van der Waals surface area contributed by atoms with E-state index in [2.05, 4.69) is 41.8 Å². The first-order valence-corrected chi connectivity index (χ1v) is 8.63. The Bertz CT molecular complexity index is 631.